The number of ketones is 2. The fraction of sp³-hybridized carbons (Fsp3) is 0.394. The largest absolute Gasteiger partial charge is 0.507 e. The summed E-state index contributed by atoms with van der Waals surface area (Å²) < 4.78 is 23.7. The SMILES string of the molecule is COc1cc(OC)c2c(c1)C(OC)(c1ccc3cc4c(c(O)c3c1O)C(=O)C[C@@](C)(O)C4)C1=C(C2=O)[C@@H](C)O[C@@H](C)C1. The Balaban J connectivity index is 1.73. The number of rotatable bonds is 4. The molecule has 4 atom stereocenters. The molecule has 0 radical (unpaired) electrons. The highest BCUT2D eigenvalue weighted by atomic mass is 16.5. The fourth-order valence-electron chi connectivity index (χ4n) is 7.25. The molecule has 0 spiro atoms. The van der Waals surface area contributed by atoms with Crippen molar-refractivity contribution >= 4 is 22.3 Å². The van der Waals surface area contributed by atoms with Crippen LogP contribution in [-0.4, -0.2) is 66.0 Å². The number of hydrogen-bond donors (Lipinski definition) is 3. The number of ether oxygens (including phenoxy) is 4. The highest BCUT2D eigenvalue weighted by molar-refractivity contribution is 6.15. The van der Waals surface area contributed by atoms with E-state index in [0.29, 0.717) is 39.8 Å². The molecule has 3 aromatic rings. The van der Waals surface area contributed by atoms with Gasteiger partial charge in [-0.2, -0.15) is 0 Å². The van der Waals surface area contributed by atoms with Crippen LogP contribution in [0.2, 0.25) is 0 Å². The van der Waals surface area contributed by atoms with Crippen molar-refractivity contribution in [1.82, 2.24) is 0 Å². The molecule has 0 saturated carbocycles. The lowest BCUT2D eigenvalue weighted by Crippen LogP contribution is -2.45. The number of phenolic OH excluding ortho intramolecular Hbond substituents is 2. The zero-order chi connectivity index (χ0) is 30.3. The van der Waals surface area contributed by atoms with Gasteiger partial charge in [-0.05, 0) is 55.8 Å². The molecule has 220 valence electrons. The van der Waals surface area contributed by atoms with Crippen LogP contribution in [0, 0.1) is 0 Å². The van der Waals surface area contributed by atoms with Gasteiger partial charge in [0.25, 0.3) is 0 Å². The molecule has 3 N–H and O–H groups in total. The van der Waals surface area contributed by atoms with E-state index < -0.39 is 23.1 Å². The summed E-state index contributed by atoms with van der Waals surface area (Å²) in [4.78, 5) is 27.2. The fourth-order valence-corrected chi connectivity index (χ4v) is 7.25. The molecule has 0 amide bonds. The van der Waals surface area contributed by atoms with E-state index in [2.05, 4.69) is 0 Å². The predicted octanol–water partition coefficient (Wildman–Crippen LogP) is 4.73. The second-order valence-corrected chi connectivity index (χ2v) is 11.7. The molecule has 6 rings (SSSR count). The zero-order valence-electron chi connectivity index (χ0n) is 24.5. The van der Waals surface area contributed by atoms with Gasteiger partial charge < -0.3 is 34.3 Å². The average molecular weight is 575 g/mol. The molecule has 2 aliphatic carbocycles. The number of methoxy groups -OCH3 is 3. The maximum Gasteiger partial charge on any atom is 0.195 e. The van der Waals surface area contributed by atoms with Gasteiger partial charge in [-0.1, -0.05) is 12.1 Å². The van der Waals surface area contributed by atoms with Crippen molar-refractivity contribution in [3.05, 3.63) is 69.3 Å². The summed E-state index contributed by atoms with van der Waals surface area (Å²) >= 11 is 0. The highest BCUT2D eigenvalue weighted by Crippen LogP contribution is 2.57. The van der Waals surface area contributed by atoms with Crippen molar-refractivity contribution in [3.8, 4) is 23.0 Å². The summed E-state index contributed by atoms with van der Waals surface area (Å²) in [6, 6.07) is 8.48. The second kappa shape index (κ2) is 9.55. The smallest absolute Gasteiger partial charge is 0.195 e. The summed E-state index contributed by atoms with van der Waals surface area (Å²) in [6.07, 6.45) is -0.464. The van der Waals surface area contributed by atoms with Gasteiger partial charge in [0.05, 0.1) is 48.5 Å². The van der Waals surface area contributed by atoms with E-state index in [1.54, 1.807) is 37.3 Å². The summed E-state index contributed by atoms with van der Waals surface area (Å²) in [7, 11) is 4.47. The molecule has 1 unspecified atom stereocenters. The topological polar surface area (TPSA) is 132 Å². The Hall–Kier alpha value is -3.92. The van der Waals surface area contributed by atoms with Gasteiger partial charge in [-0.15, -0.1) is 0 Å². The van der Waals surface area contributed by atoms with Gasteiger partial charge in [-0.25, -0.2) is 0 Å². The second-order valence-electron chi connectivity index (χ2n) is 11.7. The third kappa shape index (κ3) is 3.80. The van der Waals surface area contributed by atoms with Gasteiger partial charge in [0.2, 0.25) is 0 Å². The average Bonchev–Trinajstić information content (AvgIpc) is 2.92. The van der Waals surface area contributed by atoms with Gasteiger partial charge >= 0.3 is 0 Å². The number of benzene rings is 3. The summed E-state index contributed by atoms with van der Waals surface area (Å²) in [6.45, 7) is 5.30. The molecule has 1 aliphatic heterocycles. The van der Waals surface area contributed by atoms with Gasteiger partial charge in [0.1, 0.15) is 28.6 Å². The lowest BCUT2D eigenvalue weighted by Gasteiger charge is -2.46. The van der Waals surface area contributed by atoms with Crippen LogP contribution < -0.4 is 9.47 Å². The minimum absolute atomic E-state index is 0.0844. The Morgan fingerprint density at radius 2 is 1.67 bits per heavy atom. The monoisotopic (exact) mass is 574 g/mol. The Morgan fingerprint density at radius 1 is 0.929 bits per heavy atom. The maximum absolute atomic E-state index is 14.1. The minimum atomic E-state index is -1.50. The molecular weight excluding hydrogens is 540 g/mol. The molecule has 9 nitrogen and oxygen atoms in total. The first-order valence-corrected chi connectivity index (χ1v) is 13.9. The first-order chi connectivity index (χ1) is 19.9. The van der Waals surface area contributed by atoms with Crippen LogP contribution in [-0.2, 0) is 21.5 Å². The molecule has 0 saturated heterocycles. The summed E-state index contributed by atoms with van der Waals surface area (Å²) in [5, 5.41) is 34.7. The van der Waals surface area contributed by atoms with Crippen molar-refractivity contribution in [2.24, 2.45) is 0 Å². The van der Waals surface area contributed by atoms with Gasteiger partial charge in [0, 0.05) is 42.7 Å². The first kappa shape index (κ1) is 28.2. The Morgan fingerprint density at radius 3 is 2.33 bits per heavy atom. The lowest BCUT2D eigenvalue weighted by atomic mass is 9.66. The standard InChI is InChI=1S/C33H34O9/c1-15-9-21-25(16(2)42-15)30(36)28-22(11-19(39-4)12-24(28)40-5)33(21,41-6)20-8-7-17-10-18-13-32(3,38)14-23(34)26(18)31(37)27(17)29(20)35/h7-8,10-12,15-16,35,37-38H,9,13-14H2,1-6H3/t15-,16+,32-,33?/m0/s1. The number of aromatic hydroxyl groups is 2. The first-order valence-electron chi connectivity index (χ1n) is 13.9. The zero-order valence-corrected chi connectivity index (χ0v) is 24.5. The molecule has 3 aliphatic rings. The molecule has 42 heavy (non-hydrogen) atoms. The molecule has 0 fully saturated rings. The third-order valence-corrected chi connectivity index (χ3v) is 8.88. The number of hydrogen-bond acceptors (Lipinski definition) is 9. The summed E-state index contributed by atoms with van der Waals surface area (Å²) in [5.74, 6) is -0.615. The van der Waals surface area contributed by atoms with Crippen LogP contribution in [0.3, 0.4) is 0 Å². The van der Waals surface area contributed by atoms with Gasteiger partial charge in [0.15, 0.2) is 11.6 Å². The third-order valence-electron chi connectivity index (χ3n) is 8.88. The van der Waals surface area contributed by atoms with Gasteiger partial charge in [-0.3, -0.25) is 9.59 Å². The van der Waals surface area contributed by atoms with Crippen molar-refractivity contribution in [2.75, 3.05) is 21.3 Å². The molecular formula is C33H34O9. The number of carbonyl (C=O) groups excluding carboxylic acids is 2. The van der Waals surface area contributed by atoms with Crippen LogP contribution >= 0.6 is 0 Å². The van der Waals surface area contributed by atoms with E-state index >= 15 is 0 Å². The molecule has 3 aromatic carbocycles. The number of carbonyl (C=O) groups is 2. The Kier molecular flexibility index (Phi) is 6.42. The van der Waals surface area contributed by atoms with Crippen LogP contribution in [0.4, 0.5) is 0 Å². The van der Waals surface area contributed by atoms with Crippen molar-refractivity contribution in [3.63, 3.8) is 0 Å². The lowest BCUT2D eigenvalue weighted by molar-refractivity contribution is -0.0132. The number of Topliss-reactive ketones (excluding diaryl/α,β-unsaturated/α-hetero) is 2. The van der Waals surface area contributed by atoms with E-state index in [-0.39, 0.29) is 64.1 Å². The van der Waals surface area contributed by atoms with E-state index in [4.69, 9.17) is 18.9 Å². The van der Waals surface area contributed by atoms with Crippen LogP contribution in [0.1, 0.15) is 71.0 Å². The maximum atomic E-state index is 14.1. The van der Waals surface area contributed by atoms with Crippen molar-refractivity contribution < 1.29 is 43.9 Å². The number of fused-ring (bicyclic) bond motifs is 3. The van der Waals surface area contributed by atoms with E-state index in [1.165, 1.54) is 21.3 Å². The highest BCUT2D eigenvalue weighted by Gasteiger charge is 2.53. The molecule has 0 aromatic heterocycles. The Labute approximate surface area is 243 Å². The van der Waals surface area contributed by atoms with E-state index in [9.17, 15) is 24.9 Å². The van der Waals surface area contributed by atoms with Crippen LogP contribution in [0.25, 0.3) is 10.8 Å². The molecule has 0 bridgehead atoms. The van der Waals surface area contributed by atoms with Crippen molar-refractivity contribution in [2.45, 2.75) is 63.4 Å². The van der Waals surface area contributed by atoms with E-state index in [0.717, 1.165) is 0 Å². The number of phenols is 2. The van der Waals surface area contributed by atoms with Crippen LogP contribution in [0.15, 0.2) is 41.5 Å². The normalized spacial score (nSPS) is 27.0. The number of aliphatic hydroxyl groups is 1. The quantitative estimate of drug-likeness (QED) is 0.405. The van der Waals surface area contributed by atoms with E-state index in [1.807, 2.05) is 13.8 Å². The van der Waals surface area contributed by atoms with Crippen molar-refractivity contribution in [1.29, 1.82) is 0 Å². The molecule has 1 heterocycles. The summed E-state index contributed by atoms with van der Waals surface area (Å²) in [5.41, 5.74) is -0.135. The van der Waals surface area contributed by atoms with Crippen LogP contribution in [0.5, 0.6) is 23.0 Å². The predicted molar refractivity (Wildman–Crippen MR) is 154 cm³/mol. The Bertz CT molecular complexity index is 1720. The minimum Gasteiger partial charge on any atom is -0.507 e. The molecule has 9 heteroatoms.